The van der Waals surface area contributed by atoms with Gasteiger partial charge in [0.05, 0.1) is 6.61 Å². The molecule has 2 N–H and O–H groups in total. The summed E-state index contributed by atoms with van der Waals surface area (Å²) in [5, 5.41) is 17.7. The lowest BCUT2D eigenvalue weighted by atomic mass is 10.1. The summed E-state index contributed by atoms with van der Waals surface area (Å²) in [5.41, 5.74) is -0.156. The minimum atomic E-state index is -1.21. The van der Waals surface area contributed by atoms with Gasteiger partial charge in [-0.25, -0.2) is 13.6 Å². The zero-order valence-electron chi connectivity index (χ0n) is 10.3. The second kappa shape index (κ2) is 5.41. The van der Waals surface area contributed by atoms with Crippen molar-refractivity contribution in [2.24, 2.45) is 0 Å². The lowest BCUT2D eigenvalue weighted by Crippen LogP contribution is -2.52. The SMILES string of the molecule is O=C(O)N1CCN(c2cc(F)c(F)c(CO)c2)C(=O)C1. The molecule has 1 aromatic carbocycles. The lowest BCUT2D eigenvalue weighted by Gasteiger charge is -2.33. The quantitative estimate of drug-likeness (QED) is 0.842. The molecule has 1 heterocycles. The largest absolute Gasteiger partial charge is 0.465 e. The van der Waals surface area contributed by atoms with E-state index >= 15 is 0 Å². The number of anilines is 1. The van der Waals surface area contributed by atoms with Crippen LogP contribution < -0.4 is 4.90 Å². The van der Waals surface area contributed by atoms with Crippen molar-refractivity contribution in [3.63, 3.8) is 0 Å². The Labute approximate surface area is 112 Å². The van der Waals surface area contributed by atoms with Crippen LogP contribution in [0.15, 0.2) is 12.1 Å². The first-order valence-electron chi connectivity index (χ1n) is 5.81. The molecule has 0 bridgehead atoms. The van der Waals surface area contributed by atoms with Crippen molar-refractivity contribution in [3.05, 3.63) is 29.3 Å². The van der Waals surface area contributed by atoms with Gasteiger partial charge in [-0.15, -0.1) is 0 Å². The fourth-order valence-corrected chi connectivity index (χ4v) is 2.01. The molecule has 0 radical (unpaired) electrons. The topological polar surface area (TPSA) is 81.1 Å². The number of carbonyl (C=O) groups is 2. The first kappa shape index (κ1) is 14.2. The van der Waals surface area contributed by atoms with E-state index in [0.717, 1.165) is 11.0 Å². The molecule has 1 aliphatic heterocycles. The van der Waals surface area contributed by atoms with Gasteiger partial charge in [0.1, 0.15) is 6.54 Å². The van der Waals surface area contributed by atoms with Crippen molar-refractivity contribution < 1.29 is 28.6 Å². The van der Waals surface area contributed by atoms with Gasteiger partial charge in [0.2, 0.25) is 5.91 Å². The average Bonchev–Trinajstić information content (AvgIpc) is 2.41. The van der Waals surface area contributed by atoms with E-state index in [1.54, 1.807) is 0 Å². The van der Waals surface area contributed by atoms with E-state index in [1.165, 1.54) is 11.0 Å². The molecule has 1 saturated heterocycles. The number of benzene rings is 1. The van der Waals surface area contributed by atoms with Crippen molar-refractivity contribution >= 4 is 17.7 Å². The van der Waals surface area contributed by atoms with E-state index in [0.29, 0.717) is 0 Å². The highest BCUT2D eigenvalue weighted by atomic mass is 19.2. The van der Waals surface area contributed by atoms with Gasteiger partial charge >= 0.3 is 6.09 Å². The van der Waals surface area contributed by atoms with Gasteiger partial charge in [-0.1, -0.05) is 0 Å². The summed E-state index contributed by atoms with van der Waals surface area (Å²) < 4.78 is 26.7. The zero-order chi connectivity index (χ0) is 14.9. The van der Waals surface area contributed by atoms with E-state index in [-0.39, 0.29) is 30.9 Å². The Morgan fingerprint density at radius 2 is 2.00 bits per heavy atom. The van der Waals surface area contributed by atoms with Gasteiger partial charge in [0.25, 0.3) is 0 Å². The molecule has 1 aliphatic rings. The molecule has 0 aromatic heterocycles. The maximum atomic E-state index is 13.4. The summed E-state index contributed by atoms with van der Waals surface area (Å²) in [4.78, 5) is 24.7. The second-order valence-electron chi connectivity index (χ2n) is 4.31. The van der Waals surface area contributed by atoms with Crippen LogP contribution in [0.5, 0.6) is 0 Å². The monoisotopic (exact) mass is 286 g/mol. The van der Waals surface area contributed by atoms with Crippen LogP contribution in [0.4, 0.5) is 19.3 Å². The number of aliphatic hydroxyl groups is 1. The Balaban J connectivity index is 2.27. The Bertz CT molecular complexity index is 565. The smallest absolute Gasteiger partial charge is 0.407 e. The minimum Gasteiger partial charge on any atom is -0.465 e. The molecule has 0 unspecified atom stereocenters. The minimum absolute atomic E-state index is 0.0427. The summed E-state index contributed by atoms with van der Waals surface area (Å²) in [6, 6.07) is 2.02. The second-order valence-corrected chi connectivity index (χ2v) is 4.31. The van der Waals surface area contributed by atoms with Gasteiger partial charge < -0.3 is 15.1 Å². The Morgan fingerprint density at radius 1 is 1.30 bits per heavy atom. The number of carbonyl (C=O) groups excluding carboxylic acids is 1. The fraction of sp³-hybridized carbons (Fsp3) is 0.333. The summed E-state index contributed by atoms with van der Waals surface area (Å²) in [6.45, 7) is -0.918. The molecule has 0 aliphatic carbocycles. The van der Waals surface area contributed by atoms with Crippen LogP contribution in [-0.2, 0) is 11.4 Å². The van der Waals surface area contributed by atoms with Gasteiger partial charge in [-0.05, 0) is 6.07 Å². The molecule has 20 heavy (non-hydrogen) atoms. The fourth-order valence-electron chi connectivity index (χ4n) is 2.01. The van der Waals surface area contributed by atoms with Crippen LogP contribution in [0, 0.1) is 11.6 Å². The maximum Gasteiger partial charge on any atom is 0.407 e. The molecule has 6 nitrogen and oxygen atoms in total. The van der Waals surface area contributed by atoms with Crippen LogP contribution in [0.2, 0.25) is 0 Å². The predicted octanol–water partition coefficient (Wildman–Crippen LogP) is 0.784. The number of amides is 2. The first-order chi connectivity index (χ1) is 9.43. The van der Waals surface area contributed by atoms with Gasteiger partial charge in [0, 0.05) is 30.4 Å². The molecule has 2 rings (SSSR count). The number of piperazine rings is 1. The Kier molecular flexibility index (Phi) is 3.84. The van der Waals surface area contributed by atoms with Crippen LogP contribution in [-0.4, -0.2) is 46.7 Å². The Hall–Kier alpha value is -2.22. The normalized spacial score (nSPS) is 15.7. The number of hydrogen-bond donors (Lipinski definition) is 2. The number of halogens is 2. The highest BCUT2D eigenvalue weighted by molar-refractivity contribution is 5.97. The van der Waals surface area contributed by atoms with Gasteiger partial charge in [-0.3, -0.25) is 9.69 Å². The third kappa shape index (κ3) is 2.55. The maximum absolute atomic E-state index is 13.4. The van der Waals surface area contributed by atoms with Gasteiger partial charge in [0.15, 0.2) is 11.6 Å². The molecule has 1 fully saturated rings. The third-order valence-corrected chi connectivity index (χ3v) is 3.06. The van der Waals surface area contributed by atoms with Crippen LogP contribution >= 0.6 is 0 Å². The van der Waals surface area contributed by atoms with Crippen LogP contribution in [0.25, 0.3) is 0 Å². The molecule has 0 atom stereocenters. The van der Waals surface area contributed by atoms with Crippen molar-refractivity contribution in [3.8, 4) is 0 Å². The van der Waals surface area contributed by atoms with Crippen LogP contribution in [0.1, 0.15) is 5.56 Å². The van der Waals surface area contributed by atoms with Crippen molar-refractivity contribution in [1.29, 1.82) is 0 Å². The average molecular weight is 286 g/mol. The van der Waals surface area contributed by atoms with E-state index in [1.807, 2.05) is 0 Å². The number of rotatable bonds is 2. The standard InChI is InChI=1S/C12H12F2N2O4/c13-9-4-8(3-7(6-17)11(9)14)16-2-1-15(12(19)20)5-10(16)18/h3-4,17H,1-2,5-6H2,(H,19,20). The van der Waals surface area contributed by atoms with E-state index < -0.39 is 30.2 Å². The highest BCUT2D eigenvalue weighted by Crippen LogP contribution is 2.23. The summed E-state index contributed by atoms with van der Waals surface area (Å²) in [6.07, 6.45) is -1.21. The molecule has 1 aromatic rings. The number of hydrogen-bond acceptors (Lipinski definition) is 3. The van der Waals surface area contributed by atoms with E-state index in [4.69, 9.17) is 10.2 Å². The van der Waals surface area contributed by atoms with Crippen molar-refractivity contribution in [2.75, 3.05) is 24.5 Å². The molecular weight excluding hydrogens is 274 g/mol. The highest BCUT2D eigenvalue weighted by Gasteiger charge is 2.28. The zero-order valence-corrected chi connectivity index (χ0v) is 10.3. The predicted molar refractivity (Wildman–Crippen MR) is 64.2 cm³/mol. The lowest BCUT2D eigenvalue weighted by molar-refractivity contribution is -0.120. The molecule has 8 heteroatoms. The Morgan fingerprint density at radius 3 is 2.55 bits per heavy atom. The third-order valence-electron chi connectivity index (χ3n) is 3.06. The number of carboxylic acid groups (broad SMARTS) is 1. The summed E-state index contributed by atoms with van der Waals surface area (Å²) in [5.74, 6) is -2.86. The summed E-state index contributed by atoms with van der Waals surface area (Å²) in [7, 11) is 0. The van der Waals surface area contributed by atoms with E-state index in [2.05, 4.69) is 0 Å². The summed E-state index contributed by atoms with van der Waals surface area (Å²) >= 11 is 0. The first-order valence-corrected chi connectivity index (χ1v) is 5.81. The van der Waals surface area contributed by atoms with E-state index in [9.17, 15) is 18.4 Å². The van der Waals surface area contributed by atoms with Crippen LogP contribution in [0.3, 0.4) is 0 Å². The van der Waals surface area contributed by atoms with Crippen molar-refractivity contribution in [2.45, 2.75) is 6.61 Å². The molecular formula is C12H12F2N2O4. The molecule has 108 valence electrons. The molecule has 2 amide bonds. The molecule has 0 saturated carbocycles. The van der Waals surface area contributed by atoms with Crippen molar-refractivity contribution in [1.82, 2.24) is 4.90 Å². The number of aliphatic hydroxyl groups excluding tert-OH is 1. The molecule has 0 spiro atoms. The van der Waals surface area contributed by atoms with Gasteiger partial charge in [-0.2, -0.15) is 0 Å². The number of nitrogens with zero attached hydrogens (tertiary/aromatic N) is 2.